The highest BCUT2D eigenvalue weighted by atomic mass is 32.3. The van der Waals surface area contributed by atoms with E-state index in [0.29, 0.717) is 16.6 Å². The molecule has 0 saturated heterocycles. The molecule has 0 aliphatic heterocycles. The summed E-state index contributed by atoms with van der Waals surface area (Å²) in [5, 5.41) is 1.56. The second kappa shape index (κ2) is 4.73. The van der Waals surface area contributed by atoms with E-state index < -0.39 is 10.6 Å². The molecule has 0 bridgehead atoms. The van der Waals surface area contributed by atoms with Gasteiger partial charge in [-0.3, -0.25) is 0 Å². The maximum atomic E-state index is 10.8. The van der Waals surface area contributed by atoms with E-state index in [0.717, 1.165) is 5.39 Å². The maximum Gasteiger partial charge on any atom is 0.197 e. The molecule has 0 fully saturated rings. The van der Waals surface area contributed by atoms with Crippen molar-refractivity contribution >= 4 is 27.0 Å². The first kappa shape index (κ1) is 13.1. The van der Waals surface area contributed by atoms with Crippen molar-refractivity contribution in [1.82, 2.24) is 0 Å². The predicted molar refractivity (Wildman–Crippen MR) is 76.3 cm³/mol. The standard InChI is InChI=1S/C11H10N4O3S/c1-7-4-8-2-3-10(12)5-9(8)6-11(7)19(13-16,14-17)15-18/h2-6H,12H2,1H3. The van der Waals surface area contributed by atoms with E-state index in [1.165, 1.54) is 6.07 Å². The third kappa shape index (κ3) is 2.06. The van der Waals surface area contributed by atoms with Crippen molar-refractivity contribution in [3.8, 4) is 0 Å². The summed E-state index contributed by atoms with van der Waals surface area (Å²) in [7, 11) is -3.46. The number of nitrogens with zero attached hydrogens (tertiary/aromatic N) is 3. The number of hydrogen-bond donors (Lipinski definition) is 1. The number of hydrogen-bond acceptors (Lipinski definition) is 7. The molecule has 0 amide bonds. The van der Waals surface area contributed by atoms with Crippen LogP contribution in [0.15, 0.2) is 49.0 Å². The van der Waals surface area contributed by atoms with Gasteiger partial charge in [0.1, 0.15) is 0 Å². The highest BCUT2D eigenvalue weighted by molar-refractivity contribution is 8.30. The van der Waals surface area contributed by atoms with E-state index in [-0.39, 0.29) is 4.90 Å². The molecule has 2 aromatic carbocycles. The molecule has 0 aromatic heterocycles. The van der Waals surface area contributed by atoms with Crippen LogP contribution in [0.3, 0.4) is 0 Å². The Morgan fingerprint density at radius 2 is 1.58 bits per heavy atom. The first-order valence-electron chi connectivity index (χ1n) is 5.23. The minimum Gasteiger partial charge on any atom is -0.399 e. The zero-order valence-corrected chi connectivity index (χ0v) is 10.8. The Hall–Kier alpha value is -2.35. The average molecular weight is 278 g/mol. The fourth-order valence-corrected chi connectivity index (χ4v) is 2.96. The molecule has 98 valence electrons. The summed E-state index contributed by atoms with van der Waals surface area (Å²) in [4.78, 5) is 32.6. The zero-order valence-electron chi connectivity index (χ0n) is 9.94. The minimum atomic E-state index is -3.46. The van der Waals surface area contributed by atoms with Crippen molar-refractivity contribution in [2.24, 2.45) is 13.7 Å². The maximum absolute atomic E-state index is 10.8. The van der Waals surface area contributed by atoms with Gasteiger partial charge in [0.2, 0.25) is 0 Å². The monoisotopic (exact) mass is 278 g/mol. The van der Waals surface area contributed by atoms with E-state index in [2.05, 4.69) is 13.7 Å². The van der Waals surface area contributed by atoms with Gasteiger partial charge in [-0.2, -0.15) is 0 Å². The Kier molecular flexibility index (Phi) is 3.26. The quantitative estimate of drug-likeness (QED) is 0.673. The van der Waals surface area contributed by atoms with Gasteiger partial charge in [-0.15, -0.1) is 14.7 Å². The lowest BCUT2D eigenvalue weighted by atomic mass is 10.1. The molecule has 2 rings (SSSR count). The number of anilines is 1. The lowest BCUT2D eigenvalue weighted by molar-refractivity contribution is 1.28. The van der Waals surface area contributed by atoms with Gasteiger partial charge in [-0.05, 0) is 41.5 Å². The van der Waals surface area contributed by atoms with Crippen LogP contribution in [-0.4, -0.2) is 0 Å². The predicted octanol–water partition coefficient (Wildman–Crippen LogP) is 3.94. The largest absolute Gasteiger partial charge is 0.399 e. The molecule has 7 nitrogen and oxygen atoms in total. The van der Waals surface area contributed by atoms with Gasteiger partial charge >= 0.3 is 0 Å². The zero-order chi connectivity index (χ0) is 14.0. The lowest BCUT2D eigenvalue weighted by Crippen LogP contribution is -1.94. The van der Waals surface area contributed by atoms with Crippen LogP contribution in [0.2, 0.25) is 0 Å². The Morgan fingerprint density at radius 1 is 0.947 bits per heavy atom. The molecule has 0 spiro atoms. The number of aryl methyl sites for hydroxylation is 1. The van der Waals surface area contributed by atoms with Crippen LogP contribution in [0.4, 0.5) is 5.69 Å². The molecule has 8 heteroatoms. The number of benzene rings is 2. The molecule has 0 heterocycles. The van der Waals surface area contributed by atoms with E-state index >= 15 is 0 Å². The first-order valence-corrected chi connectivity index (χ1v) is 6.73. The highest BCUT2D eigenvalue weighted by Gasteiger charge is 2.33. The van der Waals surface area contributed by atoms with Crippen molar-refractivity contribution < 1.29 is 0 Å². The van der Waals surface area contributed by atoms with Crippen molar-refractivity contribution in [3.63, 3.8) is 0 Å². The summed E-state index contributed by atoms with van der Waals surface area (Å²) >= 11 is 0. The van der Waals surface area contributed by atoms with Crippen LogP contribution in [0.25, 0.3) is 10.8 Å². The third-order valence-electron chi connectivity index (χ3n) is 2.76. The van der Waals surface area contributed by atoms with Crippen LogP contribution in [-0.2, 0) is 0 Å². The topological polar surface area (TPSA) is 114 Å². The fourth-order valence-electron chi connectivity index (χ4n) is 1.87. The molecular formula is C11H10N4O3S. The molecule has 2 aromatic rings. The molecule has 0 aliphatic carbocycles. The minimum absolute atomic E-state index is 0.144. The summed E-state index contributed by atoms with van der Waals surface area (Å²) in [6.07, 6.45) is 0. The Labute approximate surface area is 109 Å². The average Bonchev–Trinajstić information content (AvgIpc) is 2.42. The van der Waals surface area contributed by atoms with E-state index in [1.54, 1.807) is 31.2 Å². The van der Waals surface area contributed by atoms with E-state index in [1.807, 2.05) is 0 Å². The van der Waals surface area contributed by atoms with Crippen LogP contribution in [0.5, 0.6) is 0 Å². The SMILES string of the molecule is Cc1cc2ccc(N)cc2cc1S(N=O)(N=O)N=O. The Balaban J connectivity index is 2.79. The Morgan fingerprint density at radius 3 is 2.16 bits per heavy atom. The lowest BCUT2D eigenvalue weighted by Gasteiger charge is -2.17. The smallest absolute Gasteiger partial charge is 0.197 e. The van der Waals surface area contributed by atoms with Crippen molar-refractivity contribution in [2.45, 2.75) is 11.8 Å². The number of rotatable bonds is 4. The number of nitroso groups, excluding NO2 is 3. The van der Waals surface area contributed by atoms with Gasteiger partial charge < -0.3 is 5.73 Å². The molecule has 0 unspecified atom stereocenters. The number of nitrogens with two attached hydrogens (primary N) is 1. The second-order valence-electron chi connectivity index (χ2n) is 3.97. The summed E-state index contributed by atoms with van der Waals surface area (Å²) in [5.41, 5.74) is 6.76. The van der Waals surface area contributed by atoms with Crippen LogP contribution in [0, 0.1) is 21.6 Å². The molecular weight excluding hydrogens is 268 g/mol. The van der Waals surface area contributed by atoms with E-state index in [4.69, 9.17) is 5.73 Å². The van der Waals surface area contributed by atoms with E-state index in [9.17, 15) is 14.7 Å². The third-order valence-corrected chi connectivity index (χ3v) is 4.42. The van der Waals surface area contributed by atoms with Crippen molar-refractivity contribution in [3.05, 3.63) is 50.6 Å². The molecule has 2 N–H and O–H groups in total. The first-order chi connectivity index (χ1) is 9.06. The summed E-state index contributed by atoms with van der Waals surface area (Å²) < 4.78 is 7.68. The van der Waals surface area contributed by atoms with Gasteiger partial charge in [-0.25, -0.2) is 0 Å². The van der Waals surface area contributed by atoms with Gasteiger partial charge in [-0.1, -0.05) is 12.1 Å². The van der Waals surface area contributed by atoms with Crippen LogP contribution < -0.4 is 5.73 Å². The molecule has 0 atom stereocenters. The van der Waals surface area contributed by atoms with Crippen molar-refractivity contribution in [2.75, 3.05) is 5.73 Å². The van der Waals surface area contributed by atoms with Crippen LogP contribution >= 0.6 is 10.6 Å². The molecule has 19 heavy (non-hydrogen) atoms. The van der Waals surface area contributed by atoms with Crippen molar-refractivity contribution in [1.29, 1.82) is 0 Å². The molecule has 0 radical (unpaired) electrons. The van der Waals surface area contributed by atoms with Gasteiger partial charge in [0.25, 0.3) is 0 Å². The van der Waals surface area contributed by atoms with Gasteiger partial charge in [0.05, 0.1) is 4.90 Å². The summed E-state index contributed by atoms with van der Waals surface area (Å²) in [5.74, 6) is 0. The Bertz CT molecular complexity index is 667. The fraction of sp³-hybridized carbons (Fsp3) is 0.0909. The summed E-state index contributed by atoms with van der Waals surface area (Å²) in [6.45, 7) is 1.66. The number of nitrogen functional groups attached to an aromatic ring is 1. The summed E-state index contributed by atoms with van der Waals surface area (Å²) in [6, 6.07) is 8.45. The van der Waals surface area contributed by atoms with Gasteiger partial charge in [0, 0.05) is 19.4 Å². The molecule has 0 saturated carbocycles. The highest BCUT2D eigenvalue weighted by Crippen LogP contribution is 2.61. The number of fused-ring (bicyclic) bond motifs is 1. The normalized spacial score (nSPS) is 12.1. The second-order valence-corrected chi connectivity index (χ2v) is 5.89. The molecule has 0 aliphatic rings. The van der Waals surface area contributed by atoms with Gasteiger partial charge in [0.15, 0.2) is 10.6 Å². The van der Waals surface area contributed by atoms with Crippen LogP contribution in [0.1, 0.15) is 5.56 Å².